The fraction of sp³-hybridized carbons (Fsp3) is 0.400. The van der Waals surface area contributed by atoms with Crippen LogP contribution < -0.4 is 0 Å². The molecule has 0 aliphatic rings. The second kappa shape index (κ2) is 9.20. The number of carbonyl (C=O) groups is 2. The van der Waals surface area contributed by atoms with Gasteiger partial charge in [-0.3, -0.25) is 0 Å². The SMILES string of the molecule is CCOC(=O)c1c(-c2ccccc2)c(C(=O)OCC)n(C)c1CCOC. The Bertz CT molecular complexity index is 764. The average Bonchev–Trinajstić information content (AvgIpc) is 2.93. The molecule has 2 aromatic rings. The first-order valence-electron chi connectivity index (χ1n) is 8.66. The van der Waals surface area contributed by atoms with Gasteiger partial charge in [0.05, 0.1) is 25.4 Å². The smallest absolute Gasteiger partial charge is 0.355 e. The quantitative estimate of drug-likeness (QED) is 0.677. The highest BCUT2D eigenvalue weighted by Crippen LogP contribution is 2.34. The minimum Gasteiger partial charge on any atom is -0.462 e. The lowest BCUT2D eigenvalue weighted by atomic mass is 9.99. The molecule has 0 atom stereocenters. The van der Waals surface area contributed by atoms with Crippen molar-refractivity contribution < 1.29 is 23.8 Å². The van der Waals surface area contributed by atoms with Gasteiger partial charge in [0, 0.05) is 31.8 Å². The third-order valence-electron chi connectivity index (χ3n) is 4.07. The zero-order valence-corrected chi connectivity index (χ0v) is 15.7. The summed E-state index contributed by atoms with van der Waals surface area (Å²) in [6, 6.07) is 9.33. The molecule has 6 heteroatoms. The molecule has 0 radical (unpaired) electrons. The van der Waals surface area contributed by atoms with Crippen molar-refractivity contribution in [2.45, 2.75) is 20.3 Å². The summed E-state index contributed by atoms with van der Waals surface area (Å²) < 4.78 is 17.4. The van der Waals surface area contributed by atoms with Crippen molar-refractivity contribution in [2.24, 2.45) is 7.05 Å². The zero-order chi connectivity index (χ0) is 19.1. The normalized spacial score (nSPS) is 10.6. The molecule has 0 aliphatic carbocycles. The molecule has 0 amide bonds. The van der Waals surface area contributed by atoms with Gasteiger partial charge in [-0.2, -0.15) is 0 Å². The van der Waals surface area contributed by atoms with Crippen LogP contribution in [0.15, 0.2) is 30.3 Å². The summed E-state index contributed by atoms with van der Waals surface area (Å²) in [5, 5.41) is 0. The van der Waals surface area contributed by atoms with Crippen LogP contribution in [0.1, 0.15) is 40.4 Å². The molecule has 1 aromatic carbocycles. The lowest BCUT2D eigenvalue weighted by molar-refractivity contribution is 0.0512. The summed E-state index contributed by atoms with van der Waals surface area (Å²) in [6.07, 6.45) is 0.473. The molecule has 1 aromatic heterocycles. The molecule has 140 valence electrons. The highest BCUT2D eigenvalue weighted by atomic mass is 16.5. The lowest BCUT2D eigenvalue weighted by Gasteiger charge is -2.08. The van der Waals surface area contributed by atoms with Gasteiger partial charge in [0.1, 0.15) is 5.69 Å². The molecule has 1 heterocycles. The minimum absolute atomic E-state index is 0.250. The number of esters is 2. The summed E-state index contributed by atoms with van der Waals surface area (Å²) >= 11 is 0. The first-order valence-corrected chi connectivity index (χ1v) is 8.66. The van der Waals surface area contributed by atoms with E-state index in [0.717, 1.165) is 5.56 Å². The predicted octanol–water partition coefficient (Wildman–Crippen LogP) is 3.23. The second-order valence-corrected chi connectivity index (χ2v) is 5.65. The van der Waals surface area contributed by atoms with E-state index in [2.05, 4.69) is 0 Å². The highest BCUT2D eigenvalue weighted by molar-refractivity contribution is 6.07. The maximum Gasteiger partial charge on any atom is 0.355 e. The molecule has 26 heavy (non-hydrogen) atoms. The number of methoxy groups -OCH3 is 1. The van der Waals surface area contributed by atoms with Gasteiger partial charge in [-0.25, -0.2) is 9.59 Å². The van der Waals surface area contributed by atoms with Crippen LogP contribution in [0.3, 0.4) is 0 Å². The second-order valence-electron chi connectivity index (χ2n) is 5.65. The number of rotatable bonds is 8. The van der Waals surface area contributed by atoms with Crippen LogP contribution >= 0.6 is 0 Å². The number of hydrogen-bond donors (Lipinski definition) is 0. The monoisotopic (exact) mass is 359 g/mol. The van der Waals surface area contributed by atoms with Gasteiger partial charge in [-0.15, -0.1) is 0 Å². The molecule has 0 fully saturated rings. The number of benzene rings is 1. The van der Waals surface area contributed by atoms with Gasteiger partial charge in [0.25, 0.3) is 0 Å². The third-order valence-corrected chi connectivity index (χ3v) is 4.07. The number of ether oxygens (including phenoxy) is 3. The first-order chi connectivity index (χ1) is 12.6. The van der Waals surface area contributed by atoms with Crippen molar-refractivity contribution in [1.29, 1.82) is 0 Å². The lowest BCUT2D eigenvalue weighted by Crippen LogP contribution is -2.13. The Morgan fingerprint density at radius 3 is 2.19 bits per heavy atom. The van der Waals surface area contributed by atoms with Gasteiger partial charge in [-0.05, 0) is 19.4 Å². The molecule has 6 nitrogen and oxygen atoms in total. The van der Waals surface area contributed by atoms with Crippen LogP contribution in [0, 0.1) is 0 Å². The summed E-state index contributed by atoms with van der Waals surface area (Å²) in [7, 11) is 3.35. The first kappa shape index (κ1) is 19.7. The number of carbonyl (C=O) groups excluding carboxylic acids is 2. The molecular weight excluding hydrogens is 334 g/mol. The predicted molar refractivity (Wildman–Crippen MR) is 98.3 cm³/mol. The molecule has 0 spiro atoms. The minimum atomic E-state index is -0.469. The van der Waals surface area contributed by atoms with Gasteiger partial charge < -0.3 is 18.8 Å². The Labute approximate surface area is 153 Å². The van der Waals surface area contributed by atoms with E-state index >= 15 is 0 Å². The maximum absolute atomic E-state index is 12.7. The van der Waals surface area contributed by atoms with E-state index in [-0.39, 0.29) is 13.2 Å². The van der Waals surface area contributed by atoms with Crippen LogP contribution in [0.2, 0.25) is 0 Å². The van der Waals surface area contributed by atoms with Gasteiger partial charge in [-0.1, -0.05) is 30.3 Å². The topological polar surface area (TPSA) is 66.8 Å². The molecular formula is C20H25NO5. The summed E-state index contributed by atoms with van der Waals surface area (Å²) in [5.41, 5.74) is 2.72. The van der Waals surface area contributed by atoms with Gasteiger partial charge >= 0.3 is 11.9 Å². The van der Waals surface area contributed by atoms with E-state index in [1.54, 1.807) is 32.6 Å². The van der Waals surface area contributed by atoms with Crippen molar-refractivity contribution >= 4 is 11.9 Å². The van der Waals surface area contributed by atoms with Crippen molar-refractivity contribution in [3.63, 3.8) is 0 Å². The van der Waals surface area contributed by atoms with E-state index in [1.165, 1.54) is 0 Å². The van der Waals surface area contributed by atoms with E-state index < -0.39 is 11.9 Å². The molecule has 0 bridgehead atoms. The van der Waals surface area contributed by atoms with E-state index in [9.17, 15) is 9.59 Å². The largest absolute Gasteiger partial charge is 0.462 e. The Kier molecular flexibility index (Phi) is 6.97. The van der Waals surface area contributed by atoms with E-state index in [1.807, 2.05) is 30.3 Å². The molecule has 0 unspecified atom stereocenters. The van der Waals surface area contributed by atoms with Gasteiger partial charge in [0.2, 0.25) is 0 Å². The van der Waals surface area contributed by atoms with Crippen molar-refractivity contribution in [3.8, 4) is 11.1 Å². The molecule has 0 aliphatic heterocycles. The Hall–Kier alpha value is -2.60. The summed E-state index contributed by atoms with van der Waals surface area (Å²) in [4.78, 5) is 25.4. The highest BCUT2D eigenvalue weighted by Gasteiger charge is 2.31. The zero-order valence-electron chi connectivity index (χ0n) is 15.7. The molecule has 0 saturated carbocycles. The third kappa shape index (κ3) is 3.96. The number of hydrogen-bond acceptors (Lipinski definition) is 5. The molecule has 2 rings (SSSR count). The Morgan fingerprint density at radius 2 is 1.62 bits per heavy atom. The van der Waals surface area contributed by atoms with Crippen LogP contribution in [0.25, 0.3) is 11.1 Å². The average molecular weight is 359 g/mol. The summed E-state index contributed by atoms with van der Waals surface area (Å²) in [5.74, 6) is -0.924. The van der Waals surface area contributed by atoms with Crippen molar-refractivity contribution in [1.82, 2.24) is 4.57 Å². The van der Waals surface area contributed by atoms with Crippen molar-refractivity contribution in [3.05, 3.63) is 47.3 Å². The van der Waals surface area contributed by atoms with Crippen LogP contribution in [-0.4, -0.2) is 43.4 Å². The van der Waals surface area contributed by atoms with Crippen LogP contribution in [0.5, 0.6) is 0 Å². The fourth-order valence-corrected chi connectivity index (χ4v) is 2.97. The Balaban J connectivity index is 2.77. The molecule has 0 N–H and O–H groups in total. The van der Waals surface area contributed by atoms with Gasteiger partial charge in [0.15, 0.2) is 0 Å². The summed E-state index contributed by atoms with van der Waals surface area (Å²) in [6.45, 7) is 4.42. The number of nitrogens with zero attached hydrogens (tertiary/aromatic N) is 1. The maximum atomic E-state index is 12.7. The Morgan fingerprint density at radius 1 is 1.00 bits per heavy atom. The van der Waals surface area contributed by atoms with Crippen LogP contribution in [-0.2, 0) is 27.7 Å². The number of aromatic nitrogens is 1. The van der Waals surface area contributed by atoms with Crippen LogP contribution in [0.4, 0.5) is 0 Å². The molecule has 0 saturated heterocycles. The fourth-order valence-electron chi connectivity index (χ4n) is 2.97. The van der Waals surface area contributed by atoms with E-state index in [4.69, 9.17) is 14.2 Å². The standard InChI is InChI=1S/C20H25NO5/c1-5-25-19(22)17-15(12-13-24-4)21(3)18(20(23)26-6-2)16(17)14-10-8-7-9-11-14/h7-11H,5-6,12-13H2,1-4H3. The van der Waals surface area contributed by atoms with Crippen molar-refractivity contribution in [2.75, 3.05) is 26.9 Å². The van der Waals surface area contributed by atoms with E-state index in [0.29, 0.717) is 35.5 Å².